The number of hydrogen-bond donors (Lipinski definition) is 2. The molecule has 0 saturated carbocycles. The summed E-state index contributed by atoms with van der Waals surface area (Å²) in [5.74, 6) is 0.470. The van der Waals surface area contributed by atoms with Gasteiger partial charge in [0.15, 0.2) is 5.65 Å². The van der Waals surface area contributed by atoms with Crippen LogP contribution in [-0.2, 0) is 0 Å². The van der Waals surface area contributed by atoms with Crippen molar-refractivity contribution in [1.82, 2.24) is 19.7 Å². The SMILES string of the molecule is CC1(O)CCN(c2nc3c(cnn3-c3ccccc3)c(=O)[nH]2)C1. The van der Waals surface area contributed by atoms with Crippen molar-refractivity contribution in [2.75, 3.05) is 18.0 Å². The number of nitrogens with one attached hydrogen (secondary N) is 1. The van der Waals surface area contributed by atoms with E-state index in [1.165, 1.54) is 6.20 Å². The van der Waals surface area contributed by atoms with Gasteiger partial charge in [-0.15, -0.1) is 0 Å². The number of fused-ring (bicyclic) bond motifs is 1. The second-order valence-corrected chi connectivity index (χ2v) is 6.19. The lowest BCUT2D eigenvalue weighted by atomic mass is 10.1. The molecule has 2 N–H and O–H groups in total. The van der Waals surface area contributed by atoms with Crippen molar-refractivity contribution in [2.24, 2.45) is 0 Å². The van der Waals surface area contributed by atoms with Gasteiger partial charge in [-0.3, -0.25) is 9.78 Å². The minimum atomic E-state index is -0.757. The normalized spacial score (nSPS) is 21.2. The molecule has 3 heterocycles. The average molecular weight is 311 g/mol. The second kappa shape index (κ2) is 4.92. The van der Waals surface area contributed by atoms with Gasteiger partial charge in [0.1, 0.15) is 5.39 Å². The molecule has 1 aromatic carbocycles. The van der Waals surface area contributed by atoms with Crippen molar-refractivity contribution in [3.63, 3.8) is 0 Å². The molecule has 4 rings (SSSR count). The first-order chi connectivity index (χ1) is 11.0. The number of hydrogen-bond acceptors (Lipinski definition) is 5. The molecule has 0 spiro atoms. The number of aliphatic hydroxyl groups is 1. The van der Waals surface area contributed by atoms with E-state index in [1.807, 2.05) is 35.2 Å². The molecule has 3 aromatic rings. The maximum absolute atomic E-state index is 12.3. The lowest BCUT2D eigenvalue weighted by Crippen LogP contribution is -2.31. The third-order valence-corrected chi connectivity index (χ3v) is 4.18. The van der Waals surface area contributed by atoms with Gasteiger partial charge >= 0.3 is 0 Å². The molecule has 7 heteroatoms. The smallest absolute Gasteiger partial charge is 0.263 e. The Labute approximate surface area is 132 Å². The van der Waals surface area contributed by atoms with E-state index in [1.54, 1.807) is 11.6 Å². The summed E-state index contributed by atoms with van der Waals surface area (Å²) in [6.45, 7) is 2.89. The third-order valence-electron chi connectivity index (χ3n) is 4.18. The first-order valence-electron chi connectivity index (χ1n) is 7.54. The molecule has 7 nitrogen and oxygen atoms in total. The van der Waals surface area contributed by atoms with Crippen LogP contribution >= 0.6 is 0 Å². The van der Waals surface area contributed by atoms with E-state index in [4.69, 9.17) is 0 Å². The Bertz CT molecular complexity index is 913. The van der Waals surface area contributed by atoms with Gasteiger partial charge in [-0.25, -0.2) is 4.68 Å². The molecule has 1 aliphatic heterocycles. The number of H-pyrrole nitrogens is 1. The number of anilines is 1. The molecule has 2 aromatic heterocycles. The third kappa shape index (κ3) is 2.39. The topological polar surface area (TPSA) is 87.0 Å². The van der Waals surface area contributed by atoms with Crippen molar-refractivity contribution in [3.8, 4) is 5.69 Å². The molecule has 0 aliphatic carbocycles. The summed E-state index contributed by atoms with van der Waals surface area (Å²) >= 11 is 0. The summed E-state index contributed by atoms with van der Waals surface area (Å²) in [6, 6.07) is 9.57. The summed E-state index contributed by atoms with van der Waals surface area (Å²) in [5.41, 5.74) is 0.382. The minimum Gasteiger partial charge on any atom is -0.388 e. The fourth-order valence-electron chi connectivity index (χ4n) is 2.94. The first-order valence-corrected chi connectivity index (χ1v) is 7.54. The molecule has 1 atom stereocenters. The van der Waals surface area contributed by atoms with Crippen molar-refractivity contribution in [3.05, 3.63) is 46.9 Å². The van der Waals surface area contributed by atoms with Gasteiger partial charge in [-0.1, -0.05) is 18.2 Å². The van der Waals surface area contributed by atoms with Crippen molar-refractivity contribution in [1.29, 1.82) is 0 Å². The Morgan fingerprint density at radius 3 is 2.78 bits per heavy atom. The first kappa shape index (κ1) is 14.0. The number of para-hydroxylation sites is 1. The lowest BCUT2D eigenvalue weighted by Gasteiger charge is -2.19. The summed E-state index contributed by atoms with van der Waals surface area (Å²) in [6.07, 6.45) is 2.17. The van der Waals surface area contributed by atoms with E-state index >= 15 is 0 Å². The number of rotatable bonds is 2. The fourth-order valence-corrected chi connectivity index (χ4v) is 2.94. The van der Waals surface area contributed by atoms with Gasteiger partial charge < -0.3 is 10.0 Å². The van der Waals surface area contributed by atoms with Gasteiger partial charge in [0.25, 0.3) is 5.56 Å². The van der Waals surface area contributed by atoms with E-state index in [2.05, 4.69) is 15.1 Å². The zero-order chi connectivity index (χ0) is 16.0. The van der Waals surface area contributed by atoms with Gasteiger partial charge in [-0.05, 0) is 25.5 Å². The van der Waals surface area contributed by atoms with Crippen LogP contribution in [0.15, 0.2) is 41.3 Å². The van der Waals surface area contributed by atoms with Crippen LogP contribution in [-0.4, -0.2) is 43.5 Å². The molecule has 1 unspecified atom stereocenters. The zero-order valence-corrected chi connectivity index (χ0v) is 12.7. The van der Waals surface area contributed by atoms with Gasteiger partial charge in [0.05, 0.1) is 17.5 Å². The molecule has 0 amide bonds. The van der Waals surface area contributed by atoms with Crippen LogP contribution in [0.3, 0.4) is 0 Å². The van der Waals surface area contributed by atoms with Gasteiger partial charge in [0, 0.05) is 13.1 Å². The molecule has 23 heavy (non-hydrogen) atoms. The minimum absolute atomic E-state index is 0.223. The van der Waals surface area contributed by atoms with E-state index in [-0.39, 0.29) is 5.56 Å². The molecule has 1 saturated heterocycles. The Morgan fingerprint density at radius 2 is 2.09 bits per heavy atom. The molecule has 118 valence electrons. The standard InChI is InChI=1S/C16H17N5O2/c1-16(23)7-8-20(10-16)15-18-13-12(14(22)19-15)9-17-21(13)11-5-3-2-4-6-11/h2-6,9,23H,7-8,10H2,1H3,(H,18,19,22). The van der Waals surface area contributed by atoms with E-state index in [0.717, 1.165) is 5.69 Å². The molecule has 1 fully saturated rings. The molecular formula is C16H17N5O2. The maximum Gasteiger partial charge on any atom is 0.263 e. The Hall–Kier alpha value is -2.67. The molecule has 1 aliphatic rings. The Morgan fingerprint density at radius 1 is 1.30 bits per heavy atom. The number of nitrogens with zero attached hydrogens (tertiary/aromatic N) is 4. The Kier molecular flexibility index (Phi) is 2.99. The monoisotopic (exact) mass is 311 g/mol. The van der Waals surface area contributed by atoms with Crippen LogP contribution in [0.5, 0.6) is 0 Å². The highest BCUT2D eigenvalue weighted by Crippen LogP contribution is 2.24. The van der Waals surface area contributed by atoms with Crippen LogP contribution in [0.4, 0.5) is 5.95 Å². The average Bonchev–Trinajstić information content (AvgIpc) is 3.11. The number of β-amino-alcohol motifs (C(OH)–C–C–N with tert-alkyl or cyclic N) is 1. The van der Waals surface area contributed by atoms with Gasteiger partial charge in [0.2, 0.25) is 5.95 Å². The number of aromatic amines is 1. The zero-order valence-electron chi connectivity index (χ0n) is 12.7. The summed E-state index contributed by atoms with van der Waals surface area (Å²) in [4.78, 5) is 21.6. The maximum atomic E-state index is 12.3. The fraction of sp³-hybridized carbons (Fsp3) is 0.312. The number of benzene rings is 1. The molecular weight excluding hydrogens is 294 g/mol. The van der Waals surface area contributed by atoms with Crippen LogP contribution < -0.4 is 10.5 Å². The van der Waals surface area contributed by atoms with Crippen molar-refractivity contribution in [2.45, 2.75) is 18.9 Å². The predicted octanol–water partition coefficient (Wildman–Crippen LogP) is 1.07. The van der Waals surface area contributed by atoms with Crippen LogP contribution in [0.25, 0.3) is 16.7 Å². The summed E-state index contributed by atoms with van der Waals surface area (Å²) in [7, 11) is 0. The Balaban J connectivity index is 1.85. The highest BCUT2D eigenvalue weighted by molar-refractivity contribution is 5.76. The van der Waals surface area contributed by atoms with E-state index in [0.29, 0.717) is 36.5 Å². The van der Waals surface area contributed by atoms with Crippen LogP contribution in [0.1, 0.15) is 13.3 Å². The van der Waals surface area contributed by atoms with Crippen molar-refractivity contribution < 1.29 is 5.11 Å². The molecule has 0 bridgehead atoms. The van der Waals surface area contributed by atoms with Gasteiger partial charge in [-0.2, -0.15) is 10.1 Å². The van der Waals surface area contributed by atoms with Crippen molar-refractivity contribution >= 4 is 17.0 Å². The lowest BCUT2D eigenvalue weighted by molar-refractivity contribution is 0.0838. The molecule has 0 radical (unpaired) electrons. The van der Waals surface area contributed by atoms with Crippen LogP contribution in [0, 0.1) is 0 Å². The quantitative estimate of drug-likeness (QED) is 0.739. The largest absolute Gasteiger partial charge is 0.388 e. The van der Waals surface area contributed by atoms with Crippen LogP contribution in [0.2, 0.25) is 0 Å². The highest BCUT2D eigenvalue weighted by Gasteiger charge is 2.32. The van der Waals surface area contributed by atoms with E-state index < -0.39 is 5.60 Å². The number of aromatic nitrogens is 4. The highest BCUT2D eigenvalue weighted by atomic mass is 16.3. The predicted molar refractivity (Wildman–Crippen MR) is 86.9 cm³/mol. The summed E-state index contributed by atoms with van der Waals surface area (Å²) < 4.78 is 1.66. The summed E-state index contributed by atoms with van der Waals surface area (Å²) in [5, 5.41) is 14.9. The van der Waals surface area contributed by atoms with E-state index in [9.17, 15) is 9.90 Å². The second-order valence-electron chi connectivity index (χ2n) is 6.19.